The van der Waals surface area contributed by atoms with Gasteiger partial charge in [-0.3, -0.25) is 10.1 Å². The Labute approximate surface area is 108 Å². The Balaban J connectivity index is 2.54. The van der Waals surface area contributed by atoms with E-state index < -0.39 is 10.9 Å². The molecule has 0 atom stereocenters. The summed E-state index contributed by atoms with van der Waals surface area (Å²) in [5.41, 5.74) is 0.234. The summed E-state index contributed by atoms with van der Waals surface area (Å²) < 4.78 is 4.80. The Morgan fingerprint density at radius 2 is 2.32 bits per heavy atom. The molecule has 0 aliphatic carbocycles. The van der Waals surface area contributed by atoms with Crippen molar-refractivity contribution in [2.45, 2.75) is 0 Å². The average Bonchev–Trinajstić information content (AvgIpc) is 2.37. The number of hydrogen-bond acceptors (Lipinski definition) is 6. The number of rotatable bonds is 7. The zero-order chi connectivity index (χ0) is 14.3. The maximum atomic E-state index is 10.6. The van der Waals surface area contributed by atoms with Crippen LogP contribution in [0.4, 0.5) is 11.4 Å². The van der Waals surface area contributed by atoms with E-state index in [9.17, 15) is 14.9 Å². The third-order valence-electron chi connectivity index (χ3n) is 2.11. The fraction of sp³-hybridized carbons (Fsp3) is 0.273. The minimum absolute atomic E-state index is 0.0403. The van der Waals surface area contributed by atoms with E-state index in [1.165, 1.54) is 18.2 Å². The molecular formula is C11H11N3O5. The first kappa shape index (κ1) is 14.4. The number of aliphatic carboxylic acids is 1. The summed E-state index contributed by atoms with van der Waals surface area (Å²) in [7, 11) is 0. The highest BCUT2D eigenvalue weighted by Crippen LogP contribution is 2.21. The van der Waals surface area contributed by atoms with Crippen LogP contribution in [-0.2, 0) is 9.53 Å². The first-order valence-corrected chi connectivity index (χ1v) is 5.26. The van der Waals surface area contributed by atoms with Gasteiger partial charge in [0.25, 0.3) is 5.69 Å². The van der Waals surface area contributed by atoms with Crippen molar-refractivity contribution in [3.63, 3.8) is 0 Å². The first-order chi connectivity index (χ1) is 9.04. The molecule has 0 saturated carbocycles. The van der Waals surface area contributed by atoms with E-state index in [4.69, 9.17) is 15.1 Å². The van der Waals surface area contributed by atoms with E-state index in [2.05, 4.69) is 5.32 Å². The van der Waals surface area contributed by atoms with Gasteiger partial charge in [-0.1, -0.05) is 0 Å². The van der Waals surface area contributed by atoms with Gasteiger partial charge in [-0.15, -0.1) is 0 Å². The second-order valence-electron chi connectivity index (χ2n) is 3.47. The summed E-state index contributed by atoms with van der Waals surface area (Å²) in [6.07, 6.45) is 0. The molecule has 0 unspecified atom stereocenters. The lowest BCUT2D eigenvalue weighted by molar-refractivity contribution is -0.385. The van der Waals surface area contributed by atoms with E-state index in [1.807, 2.05) is 0 Å². The molecule has 8 heteroatoms. The van der Waals surface area contributed by atoms with E-state index in [-0.39, 0.29) is 24.5 Å². The molecule has 0 aromatic heterocycles. The Morgan fingerprint density at radius 3 is 2.89 bits per heavy atom. The third kappa shape index (κ3) is 4.61. The normalized spacial score (nSPS) is 9.63. The van der Waals surface area contributed by atoms with Crippen LogP contribution in [0.25, 0.3) is 0 Å². The number of benzene rings is 1. The molecule has 0 spiro atoms. The van der Waals surface area contributed by atoms with Crippen LogP contribution in [-0.4, -0.2) is 35.8 Å². The number of nitro groups is 1. The number of carbonyl (C=O) groups is 1. The number of nitrogens with one attached hydrogen (secondary N) is 1. The van der Waals surface area contributed by atoms with Gasteiger partial charge in [0.15, 0.2) is 0 Å². The van der Waals surface area contributed by atoms with Crippen LogP contribution in [0, 0.1) is 21.4 Å². The molecule has 0 amide bonds. The maximum absolute atomic E-state index is 10.6. The molecule has 0 saturated heterocycles. The van der Waals surface area contributed by atoms with Crippen molar-refractivity contribution >= 4 is 17.3 Å². The SMILES string of the molecule is N#Cc1cc(NCCOCC(=O)O)ccc1[N+](=O)[O-]. The zero-order valence-electron chi connectivity index (χ0n) is 9.83. The molecule has 0 aliphatic heterocycles. The van der Waals surface area contributed by atoms with Gasteiger partial charge in [0.2, 0.25) is 0 Å². The number of nitro benzene ring substituents is 1. The lowest BCUT2D eigenvalue weighted by atomic mass is 10.2. The Kier molecular flexibility index (Phi) is 5.25. The number of nitrogens with zero attached hydrogens (tertiary/aromatic N) is 2. The molecule has 1 aromatic rings. The fourth-order valence-corrected chi connectivity index (χ4v) is 1.32. The van der Waals surface area contributed by atoms with Crippen molar-refractivity contribution in [2.75, 3.05) is 25.1 Å². The van der Waals surface area contributed by atoms with Crippen molar-refractivity contribution in [1.29, 1.82) is 5.26 Å². The van der Waals surface area contributed by atoms with Crippen LogP contribution in [0.2, 0.25) is 0 Å². The lowest BCUT2D eigenvalue weighted by Crippen LogP contribution is -2.14. The van der Waals surface area contributed by atoms with Gasteiger partial charge in [0.1, 0.15) is 18.2 Å². The van der Waals surface area contributed by atoms with Gasteiger partial charge < -0.3 is 15.2 Å². The predicted octanol–water partition coefficient (Wildman–Crippen LogP) is 0.980. The standard InChI is InChI=1S/C11H11N3O5/c12-6-8-5-9(1-2-10(8)14(17)18)13-3-4-19-7-11(15)16/h1-2,5,13H,3-4,7H2,(H,15,16). The molecule has 8 nitrogen and oxygen atoms in total. The van der Waals surface area contributed by atoms with Crippen molar-refractivity contribution in [2.24, 2.45) is 0 Å². The van der Waals surface area contributed by atoms with Gasteiger partial charge in [0.05, 0.1) is 11.5 Å². The lowest BCUT2D eigenvalue weighted by Gasteiger charge is -2.06. The van der Waals surface area contributed by atoms with E-state index in [1.54, 1.807) is 6.07 Å². The van der Waals surface area contributed by atoms with Gasteiger partial charge in [0, 0.05) is 18.3 Å². The van der Waals surface area contributed by atoms with Crippen molar-refractivity contribution < 1.29 is 19.6 Å². The maximum Gasteiger partial charge on any atom is 0.329 e. The first-order valence-electron chi connectivity index (χ1n) is 5.26. The Hall–Kier alpha value is -2.66. The molecule has 100 valence electrons. The van der Waals surface area contributed by atoms with Crippen LogP contribution < -0.4 is 5.32 Å². The average molecular weight is 265 g/mol. The number of carboxylic acids is 1. The molecule has 1 aromatic carbocycles. The van der Waals surface area contributed by atoms with E-state index >= 15 is 0 Å². The van der Waals surface area contributed by atoms with E-state index in [0.29, 0.717) is 12.2 Å². The third-order valence-corrected chi connectivity index (χ3v) is 2.11. The highest BCUT2D eigenvalue weighted by atomic mass is 16.6. The highest BCUT2D eigenvalue weighted by Gasteiger charge is 2.13. The summed E-state index contributed by atoms with van der Waals surface area (Å²) in [6.45, 7) is 0.118. The molecule has 19 heavy (non-hydrogen) atoms. The number of ether oxygens (including phenoxy) is 1. The topological polar surface area (TPSA) is 125 Å². The molecule has 1 rings (SSSR count). The Morgan fingerprint density at radius 1 is 1.58 bits per heavy atom. The van der Waals surface area contributed by atoms with Crippen LogP contribution in [0.3, 0.4) is 0 Å². The molecule has 0 aliphatic rings. The van der Waals surface area contributed by atoms with Crippen molar-refractivity contribution in [1.82, 2.24) is 0 Å². The van der Waals surface area contributed by atoms with Gasteiger partial charge in [-0.05, 0) is 12.1 Å². The number of carboxylic acid groups (broad SMARTS) is 1. The summed E-state index contributed by atoms with van der Waals surface area (Å²) in [5, 5.41) is 30.6. The summed E-state index contributed by atoms with van der Waals surface area (Å²) in [6, 6.07) is 5.80. The summed E-state index contributed by atoms with van der Waals surface area (Å²) >= 11 is 0. The minimum atomic E-state index is -1.05. The molecule has 0 radical (unpaired) electrons. The fourth-order valence-electron chi connectivity index (χ4n) is 1.32. The molecular weight excluding hydrogens is 254 g/mol. The number of anilines is 1. The van der Waals surface area contributed by atoms with Crippen LogP contribution >= 0.6 is 0 Å². The van der Waals surface area contributed by atoms with Crippen LogP contribution in [0.5, 0.6) is 0 Å². The number of hydrogen-bond donors (Lipinski definition) is 2. The van der Waals surface area contributed by atoms with Gasteiger partial charge in [-0.25, -0.2) is 4.79 Å². The van der Waals surface area contributed by atoms with Crippen LogP contribution in [0.15, 0.2) is 18.2 Å². The second-order valence-corrected chi connectivity index (χ2v) is 3.47. The van der Waals surface area contributed by atoms with Gasteiger partial charge >= 0.3 is 5.97 Å². The summed E-state index contributed by atoms with van der Waals surface area (Å²) in [5.74, 6) is -1.05. The van der Waals surface area contributed by atoms with Gasteiger partial charge in [-0.2, -0.15) is 5.26 Å². The monoisotopic (exact) mass is 265 g/mol. The van der Waals surface area contributed by atoms with Crippen LogP contribution in [0.1, 0.15) is 5.56 Å². The van der Waals surface area contributed by atoms with E-state index in [0.717, 1.165) is 0 Å². The second kappa shape index (κ2) is 6.93. The minimum Gasteiger partial charge on any atom is -0.480 e. The highest BCUT2D eigenvalue weighted by molar-refractivity contribution is 5.68. The molecule has 0 heterocycles. The smallest absolute Gasteiger partial charge is 0.329 e. The largest absolute Gasteiger partial charge is 0.480 e. The molecule has 0 fully saturated rings. The predicted molar refractivity (Wildman–Crippen MR) is 64.8 cm³/mol. The molecule has 2 N–H and O–H groups in total. The quantitative estimate of drug-likeness (QED) is 0.427. The zero-order valence-corrected chi connectivity index (χ0v) is 9.83. The number of nitriles is 1. The van der Waals surface area contributed by atoms with Crippen molar-refractivity contribution in [3.8, 4) is 6.07 Å². The molecule has 0 bridgehead atoms. The van der Waals surface area contributed by atoms with Crippen molar-refractivity contribution in [3.05, 3.63) is 33.9 Å². The Bertz CT molecular complexity index is 524. The summed E-state index contributed by atoms with van der Waals surface area (Å²) in [4.78, 5) is 20.2.